The first-order valence-electron chi connectivity index (χ1n) is 9.21. The van der Waals surface area contributed by atoms with E-state index in [2.05, 4.69) is 35.8 Å². The van der Waals surface area contributed by atoms with Crippen molar-refractivity contribution < 1.29 is 9.47 Å². The fourth-order valence-electron chi connectivity index (χ4n) is 3.74. The third-order valence-corrected chi connectivity index (χ3v) is 5.28. The molecule has 0 spiro atoms. The Bertz CT molecular complexity index is 714. The molecule has 2 aromatic rings. The number of ether oxygens (including phenoxy) is 2. The van der Waals surface area contributed by atoms with Crippen LogP contribution < -0.4 is 14.4 Å². The summed E-state index contributed by atoms with van der Waals surface area (Å²) in [6.07, 6.45) is 2.46. The number of fused-ring (bicyclic) bond motifs is 1. The molecule has 3 rings (SSSR count). The Morgan fingerprint density at radius 1 is 0.962 bits per heavy atom. The Labute approximate surface area is 162 Å². The summed E-state index contributed by atoms with van der Waals surface area (Å²) in [5.74, 6) is 2.51. The summed E-state index contributed by atoms with van der Waals surface area (Å²) in [4.78, 5) is 9.87. The van der Waals surface area contributed by atoms with Gasteiger partial charge in [0.05, 0.1) is 19.7 Å². The average Bonchev–Trinajstić information content (AvgIpc) is 2.68. The van der Waals surface area contributed by atoms with Crippen molar-refractivity contribution in [2.24, 2.45) is 0 Å². The van der Waals surface area contributed by atoms with E-state index in [0.717, 1.165) is 54.4 Å². The van der Waals surface area contributed by atoms with E-state index >= 15 is 0 Å². The highest BCUT2D eigenvalue weighted by molar-refractivity contribution is 5.85. The van der Waals surface area contributed by atoms with Gasteiger partial charge in [0.2, 0.25) is 0 Å². The molecule has 0 bridgehead atoms. The molecule has 0 N–H and O–H groups in total. The lowest BCUT2D eigenvalue weighted by Crippen LogP contribution is -2.50. The van der Waals surface area contributed by atoms with Crippen LogP contribution in [0.1, 0.15) is 26.7 Å². The molecule has 1 aliphatic heterocycles. The average molecular weight is 380 g/mol. The number of hydrogen-bond acceptors (Lipinski definition) is 5. The molecular weight excluding hydrogens is 350 g/mol. The predicted octanol–water partition coefficient (Wildman–Crippen LogP) is 3.98. The van der Waals surface area contributed by atoms with E-state index in [-0.39, 0.29) is 12.4 Å². The van der Waals surface area contributed by atoms with Gasteiger partial charge in [0.15, 0.2) is 11.5 Å². The van der Waals surface area contributed by atoms with Crippen molar-refractivity contribution in [3.8, 4) is 11.5 Å². The molecule has 2 heterocycles. The number of methoxy groups -OCH3 is 2. The summed E-state index contributed by atoms with van der Waals surface area (Å²) in [5.41, 5.74) is 0.942. The van der Waals surface area contributed by atoms with Gasteiger partial charge in [-0.2, -0.15) is 0 Å². The first-order valence-corrected chi connectivity index (χ1v) is 9.21. The van der Waals surface area contributed by atoms with Crippen LogP contribution in [-0.2, 0) is 0 Å². The molecule has 1 fully saturated rings. The minimum absolute atomic E-state index is 0. The lowest BCUT2D eigenvalue weighted by atomic mass is 10.1. The van der Waals surface area contributed by atoms with Crippen LogP contribution in [0.15, 0.2) is 24.3 Å². The molecule has 0 unspecified atom stereocenters. The topological polar surface area (TPSA) is 37.8 Å². The molecule has 26 heavy (non-hydrogen) atoms. The molecule has 1 aromatic carbocycles. The van der Waals surface area contributed by atoms with Crippen LogP contribution in [0.2, 0.25) is 0 Å². The Hall–Kier alpha value is -1.72. The lowest BCUT2D eigenvalue weighted by Gasteiger charge is -2.39. The van der Waals surface area contributed by atoms with Gasteiger partial charge >= 0.3 is 0 Å². The van der Waals surface area contributed by atoms with E-state index in [1.54, 1.807) is 14.2 Å². The normalized spacial score (nSPS) is 15.2. The molecule has 144 valence electrons. The Morgan fingerprint density at radius 2 is 1.58 bits per heavy atom. The summed E-state index contributed by atoms with van der Waals surface area (Å²) in [6, 6.07) is 8.88. The van der Waals surface area contributed by atoms with Gasteiger partial charge in [-0.25, -0.2) is 4.98 Å². The molecule has 1 aromatic heterocycles. The van der Waals surface area contributed by atoms with Crippen molar-refractivity contribution in [2.75, 3.05) is 45.3 Å². The van der Waals surface area contributed by atoms with Gasteiger partial charge in [-0.3, -0.25) is 4.90 Å². The van der Waals surface area contributed by atoms with Crippen LogP contribution in [0.5, 0.6) is 11.5 Å². The number of anilines is 1. The molecular formula is C20H30ClN3O2. The fraction of sp³-hybridized carbons (Fsp3) is 0.550. The van der Waals surface area contributed by atoms with Crippen LogP contribution in [-0.4, -0.2) is 56.3 Å². The van der Waals surface area contributed by atoms with E-state index in [4.69, 9.17) is 14.5 Å². The van der Waals surface area contributed by atoms with Gasteiger partial charge in [0.1, 0.15) is 5.82 Å². The summed E-state index contributed by atoms with van der Waals surface area (Å²) >= 11 is 0. The van der Waals surface area contributed by atoms with E-state index in [1.807, 2.05) is 12.1 Å². The van der Waals surface area contributed by atoms with Crippen molar-refractivity contribution in [1.82, 2.24) is 9.88 Å². The first-order chi connectivity index (χ1) is 12.2. The van der Waals surface area contributed by atoms with Gasteiger partial charge in [0.25, 0.3) is 0 Å². The van der Waals surface area contributed by atoms with Crippen LogP contribution in [0.4, 0.5) is 5.82 Å². The second-order valence-electron chi connectivity index (χ2n) is 6.56. The van der Waals surface area contributed by atoms with Gasteiger partial charge in [-0.1, -0.05) is 13.8 Å². The third kappa shape index (κ3) is 4.15. The van der Waals surface area contributed by atoms with Crippen molar-refractivity contribution >= 4 is 29.1 Å². The minimum Gasteiger partial charge on any atom is -0.493 e. The highest BCUT2D eigenvalue weighted by atomic mass is 35.5. The summed E-state index contributed by atoms with van der Waals surface area (Å²) in [5, 5.41) is 1.07. The SMILES string of the molecule is CCC(CC)N1CCN(c2ccc3cc(OC)c(OC)cc3n2)CC1.Cl. The number of piperazine rings is 1. The van der Waals surface area contributed by atoms with Crippen molar-refractivity contribution in [2.45, 2.75) is 32.7 Å². The molecule has 0 amide bonds. The third-order valence-electron chi connectivity index (χ3n) is 5.28. The van der Waals surface area contributed by atoms with Gasteiger partial charge in [-0.15, -0.1) is 12.4 Å². The highest BCUT2D eigenvalue weighted by Gasteiger charge is 2.22. The standard InChI is InChI=1S/C20H29N3O2.ClH/c1-5-16(6-2)22-9-11-23(12-10-22)20-8-7-15-13-18(24-3)19(25-4)14-17(15)21-20;/h7-8,13-14,16H,5-6,9-12H2,1-4H3;1H. The van der Waals surface area contributed by atoms with Crippen LogP contribution in [0.25, 0.3) is 10.9 Å². The Kier molecular flexibility index (Phi) is 7.35. The largest absolute Gasteiger partial charge is 0.493 e. The highest BCUT2D eigenvalue weighted by Crippen LogP contribution is 2.32. The van der Waals surface area contributed by atoms with Crippen molar-refractivity contribution in [3.05, 3.63) is 24.3 Å². The van der Waals surface area contributed by atoms with Crippen LogP contribution in [0, 0.1) is 0 Å². The van der Waals surface area contributed by atoms with Gasteiger partial charge < -0.3 is 14.4 Å². The maximum absolute atomic E-state index is 5.41. The fourth-order valence-corrected chi connectivity index (χ4v) is 3.74. The number of nitrogens with zero attached hydrogens (tertiary/aromatic N) is 3. The molecule has 5 nitrogen and oxygen atoms in total. The maximum atomic E-state index is 5.41. The minimum atomic E-state index is 0. The molecule has 0 atom stereocenters. The summed E-state index contributed by atoms with van der Waals surface area (Å²) in [6.45, 7) is 8.85. The molecule has 1 saturated heterocycles. The van der Waals surface area contributed by atoms with E-state index in [0.29, 0.717) is 6.04 Å². The van der Waals surface area contributed by atoms with Gasteiger partial charge in [-0.05, 0) is 31.0 Å². The number of halogens is 1. The summed E-state index contributed by atoms with van der Waals surface area (Å²) in [7, 11) is 3.31. The summed E-state index contributed by atoms with van der Waals surface area (Å²) < 4.78 is 10.8. The van der Waals surface area contributed by atoms with Crippen molar-refractivity contribution in [1.29, 1.82) is 0 Å². The predicted molar refractivity (Wildman–Crippen MR) is 110 cm³/mol. The van der Waals surface area contributed by atoms with Crippen LogP contribution >= 0.6 is 12.4 Å². The Balaban J connectivity index is 0.00000243. The zero-order valence-electron chi connectivity index (χ0n) is 16.2. The second kappa shape index (κ2) is 9.28. The second-order valence-corrected chi connectivity index (χ2v) is 6.56. The zero-order valence-corrected chi connectivity index (χ0v) is 17.0. The van der Waals surface area contributed by atoms with E-state index in [1.165, 1.54) is 12.8 Å². The molecule has 0 saturated carbocycles. The first kappa shape index (κ1) is 20.6. The van der Waals surface area contributed by atoms with E-state index in [9.17, 15) is 0 Å². The van der Waals surface area contributed by atoms with E-state index < -0.39 is 0 Å². The molecule has 6 heteroatoms. The number of aromatic nitrogens is 1. The van der Waals surface area contributed by atoms with Gasteiger partial charge in [0, 0.05) is 43.7 Å². The zero-order chi connectivity index (χ0) is 17.8. The quantitative estimate of drug-likeness (QED) is 0.758. The molecule has 0 radical (unpaired) electrons. The van der Waals surface area contributed by atoms with Crippen LogP contribution in [0.3, 0.4) is 0 Å². The number of hydrogen-bond donors (Lipinski definition) is 0. The monoisotopic (exact) mass is 379 g/mol. The lowest BCUT2D eigenvalue weighted by molar-refractivity contribution is 0.175. The Morgan fingerprint density at radius 3 is 2.15 bits per heavy atom. The molecule has 0 aliphatic carbocycles. The maximum Gasteiger partial charge on any atom is 0.162 e. The number of rotatable bonds is 6. The number of benzene rings is 1. The molecule has 1 aliphatic rings. The number of pyridine rings is 1. The smallest absolute Gasteiger partial charge is 0.162 e. The van der Waals surface area contributed by atoms with Crippen molar-refractivity contribution in [3.63, 3.8) is 0 Å².